The second-order valence-electron chi connectivity index (χ2n) is 5.01. The van der Waals surface area contributed by atoms with Crippen molar-refractivity contribution in [1.29, 1.82) is 0 Å². The fourth-order valence-corrected chi connectivity index (χ4v) is 2.10. The number of imide groups is 1. The highest BCUT2D eigenvalue weighted by molar-refractivity contribution is 9.10. The summed E-state index contributed by atoms with van der Waals surface area (Å²) in [6, 6.07) is 13.1. The predicted octanol–water partition coefficient (Wildman–Crippen LogP) is 2.34. The standard InChI is InChI=1S/C18H16BrNO6/c1-24-14-6-2-12(3-7-14)18(23)20-16(21)10-26-17(22)11-25-15-8-4-13(19)5-9-15/h2-9H,10-11H2,1H3,(H,20,21,23). The molecule has 2 amide bonds. The molecule has 0 aromatic heterocycles. The van der Waals surface area contributed by atoms with E-state index in [1.165, 1.54) is 19.2 Å². The van der Waals surface area contributed by atoms with E-state index in [2.05, 4.69) is 21.2 Å². The topological polar surface area (TPSA) is 90.9 Å². The molecule has 0 heterocycles. The molecule has 0 aliphatic heterocycles. The highest BCUT2D eigenvalue weighted by Crippen LogP contribution is 2.16. The van der Waals surface area contributed by atoms with Crippen LogP contribution in [0.25, 0.3) is 0 Å². The summed E-state index contributed by atoms with van der Waals surface area (Å²) in [6.07, 6.45) is 0. The molecule has 0 atom stereocenters. The highest BCUT2D eigenvalue weighted by atomic mass is 79.9. The van der Waals surface area contributed by atoms with Crippen LogP contribution in [0.2, 0.25) is 0 Å². The molecule has 0 spiro atoms. The van der Waals surface area contributed by atoms with Gasteiger partial charge in [-0.05, 0) is 48.5 Å². The van der Waals surface area contributed by atoms with Crippen molar-refractivity contribution in [3.63, 3.8) is 0 Å². The SMILES string of the molecule is COc1ccc(C(=O)NC(=O)COC(=O)COc2ccc(Br)cc2)cc1. The zero-order valence-corrected chi connectivity index (χ0v) is 15.4. The monoisotopic (exact) mass is 421 g/mol. The Balaban J connectivity index is 1.72. The first-order valence-electron chi connectivity index (χ1n) is 7.50. The van der Waals surface area contributed by atoms with E-state index in [-0.39, 0.29) is 12.2 Å². The van der Waals surface area contributed by atoms with E-state index in [1.54, 1.807) is 36.4 Å². The molecule has 0 radical (unpaired) electrons. The van der Waals surface area contributed by atoms with E-state index >= 15 is 0 Å². The number of amides is 2. The Labute approximate surface area is 158 Å². The maximum atomic E-state index is 11.9. The zero-order chi connectivity index (χ0) is 18.9. The highest BCUT2D eigenvalue weighted by Gasteiger charge is 2.13. The van der Waals surface area contributed by atoms with E-state index in [4.69, 9.17) is 14.2 Å². The summed E-state index contributed by atoms with van der Waals surface area (Å²) in [4.78, 5) is 35.2. The molecule has 2 aromatic carbocycles. The number of hydrogen-bond acceptors (Lipinski definition) is 6. The normalized spacial score (nSPS) is 9.92. The molecule has 0 aliphatic carbocycles. The largest absolute Gasteiger partial charge is 0.497 e. The third-order valence-corrected chi connectivity index (χ3v) is 3.67. The molecular weight excluding hydrogens is 406 g/mol. The molecule has 0 fully saturated rings. The van der Waals surface area contributed by atoms with Crippen LogP contribution in [-0.4, -0.2) is 38.1 Å². The first-order valence-corrected chi connectivity index (χ1v) is 8.29. The fraction of sp³-hybridized carbons (Fsp3) is 0.167. The van der Waals surface area contributed by atoms with Crippen LogP contribution in [0.4, 0.5) is 0 Å². The number of esters is 1. The second kappa shape index (κ2) is 9.57. The molecule has 8 heteroatoms. The molecule has 0 saturated carbocycles. The average molecular weight is 422 g/mol. The van der Waals surface area contributed by atoms with Crippen molar-refractivity contribution in [2.45, 2.75) is 0 Å². The van der Waals surface area contributed by atoms with Crippen molar-refractivity contribution in [1.82, 2.24) is 5.32 Å². The Morgan fingerprint density at radius 1 is 0.923 bits per heavy atom. The Kier molecular flexibility index (Phi) is 7.16. The summed E-state index contributed by atoms with van der Waals surface area (Å²) in [7, 11) is 1.51. The summed E-state index contributed by atoms with van der Waals surface area (Å²) < 4.78 is 15.9. The quantitative estimate of drug-likeness (QED) is 0.689. The fourth-order valence-electron chi connectivity index (χ4n) is 1.84. The van der Waals surface area contributed by atoms with Crippen molar-refractivity contribution in [2.24, 2.45) is 0 Å². The van der Waals surface area contributed by atoms with Gasteiger partial charge in [0.25, 0.3) is 11.8 Å². The van der Waals surface area contributed by atoms with Crippen molar-refractivity contribution in [3.8, 4) is 11.5 Å². The number of hydrogen-bond donors (Lipinski definition) is 1. The van der Waals surface area contributed by atoms with Crippen LogP contribution in [0.1, 0.15) is 10.4 Å². The molecule has 136 valence electrons. The van der Waals surface area contributed by atoms with Crippen molar-refractivity contribution < 1.29 is 28.6 Å². The lowest BCUT2D eigenvalue weighted by Crippen LogP contribution is -2.34. The van der Waals surface area contributed by atoms with E-state index in [1.807, 2.05) is 0 Å². The van der Waals surface area contributed by atoms with Crippen molar-refractivity contribution in [2.75, 3.05) is 20.3 Å². The maximum Gasteiger partial charge on any atom is 0.344 e. The minimum atomic E-state index is -0.734. The summed E-state index contributed by atoms with van der Waals surface area (Å²) in [5.74, 6) is -0.973. The van der Waals surface area contributed by atoms with Gasteiger partial charge in [0, 0.05) is 10.0 Å². The number of carbonyl (C=O) groups excluding carboxylic acids is 3. The number of rotatable bonds is 7. The van der Waals surface area contributed by atoms with E-state index < -0.39 is 24.4 Å². The van der Waals surface area contributed by atoms with E-state index in [0.717, 1.165) is 4.47 Å². The number of carbonyl (C=O) groups is 3. The summed E-state index contributed by atoms with van der Waals surface area (Å²) >= 11 is 3.28. The number of benzene rings is 2. The van der Waals surface area contributed by atoms with Gasteiger partial charge in [-0.3, -0.25) is 14.9 Å². The molecule has 0 saturated heterocycles. The maximum absolute atomic E-state index is 11.9. The number of ether oxygens (including phenoxy) is 3. The summed E-state index contributed by atoms with van der Waals surface area (Å²) in [6.45, 7) is -0.925. The van der Waals surface area contributed by atoms with Gasteiger partial charge in [0.05, 0.1) is 7.11 Å². The molecule has 0 bridgehead atoms. The minimum Gasteiger partial charge on any atom is -0.497 e. The average Bonchev–Trinajstić information content (AvgIpc) is 2.66. The van der Waals surface area contributed by atoms with Gasteiger partial charge in [0.15, 0.2) is 13.2 Å². The van der Waals surface area contributed by atoms with Crippen molar-refractivity contribution >= 4 is 33.7 Å². The van der Waals surface area contributed by atoms with Gasteiger partial charge in [-0.1, -0.05) is 15.9 Å². The molecule has 0 aliphatic rings. The van der Waals surface area contributed by atoms with Crippen LogP contribution in [0, 0.1) is 0 Å². The lowest BCUT2D eigenvalue weighted by atomic mass is 10.2. The molecule has 26 heavy (non-hydrogen) atoms. The third kappa shape index (κ3) is 6.21. The van der Waals surface area contributed by atoms with E-state index in [9.17, 15) is 14.4 Å². The summed E-state index contributed by atoms with van der Waals surface area (Å²) in [5, 5.41) is 2.13. The van der Waals surface area contributed by atoms with Crippen LogP contribution >= 0.6 is 15.9 Å². The number of halogens is 1. The lowest BCUT2D eigenvalue weighted by molar-refractivity contribution is -0.150. The van der Waals surface area contributed by atoms with Crippen molar-refractivity contribution in [3.05, 3.63) is 58.6 Å². The van der Waals surface area contributed by atoms with Crippen LogP contribution in [-0.2, 0) is 14.3 Å². The van der Waals surface area contributed by atoms with Gasteiger partial charge in [-0.15, -0.1) is 0 Å². The zero-order valence-electron chi connectivity index (χ0n) is 13.9. The van der Waals surface area contributed by atoms with Gasteiger partial charge in [0.1, 0.15) is 11.5 Å². The lowest BCUT2D eigenvalue weighted by Gasteiger charge is -2.08. The second-order valence-corrected chi connectivity index (χ2v) is 5.92. The van der Waals surface area contributed by atoms with Gasteiger partial charge in [0.2, 0.25) is 0 Å². The predicted molar refractivity (Wildman–Crippen MR) is 96.1 cm³/mol. The van der Waals surface area contributed by atoms with Crippen LogP contribution in [0.3, 0.4) is 0 Å². The Bertz CT molecular complexity index is 773. The van der Waals surface area contributed by atoms with E-state index in [0.29, 0.717) is 11.5 Å². The first kappa shape index (κ1) is 19.5. The summed E-state index contributed by atoms with van der Waals surface area (Å²) in [5.41, 5.74) is 0.282. The smallest absolute Gasteiger partial charge is 0.344 e. The Morgan fingerprint density at radius 2 is 1.54 bits per heavy atom. The molecule has 2 rings (SSSR count). The van der Waals surface area contributed by atoms with Gasteiger partial charge < -0.3 is 14.2 Å². The van der Waals surface area contributed by atoms with Gasteiger partial charge >= 0.3 is 5.97 Å². The minimum absolute atomic E-state index is 0.282. The van der Waals surface area contributed by atoms with Crippen LogP contribution in [0.5, 0.6) is 11.5 Å². The third-order valence-electron chi connectivity index (χ3n) is 3.14. The Hall–Kier alpha value is -2.87. The van der Waals surface area contributed by atoms with Gasteiger partial charge in [-0.25, -0.2) is 4.79 Å². The van der Waals surface area contributed by atoms with Crippen LogP contribution in [0.15, 0.2) is 53.0 Å². The number of methoxy groups -OCH3 is 1. The number of nitrogens with one attached hydrogen (secondary N) is 1. The molecule has 0 unspecified atom stereocenters. The molecule has 7 nitrogen and oxygen atoms in total. The molecule has 1 N–H and O–H groups in total. The molecular formula is C18H16BrNO6. The Morgan fingerprint density at radius 3 is 2.15 bits per heavy atom. The van der Waals surface area contributed by atoms with Crippen LogP contribution < -0.4 is 14.8 Å². The molecule has 2 aromatic rings. The van der Waals surface area contributed by atoms with Gasteiger partial charge in [-0.2, -0.15) is 0 Å². The first-order chi connectivity index (χ1) is 12.5.